The van der Waals surface area contributed by atoms with Gasteiger partial charge in [-0.1, -0.05) is 0 Å². The van der Waals surface area contributed by atoms with Gasteiger partial charge in [0.05, 0.1) is 23.0 Å². The van der Waals surface area contributed by atoms with Crippen LogP contribution in [0.2, 0.25) is 0 Å². The van der Waals surface area contributed by atoms with E-state index in [0.717, 1.165) is 49.6 Å². The fraction of sp³-hybridized carbons (Fsp3) is 0.227. The first-order valence-corrected chi connectivity index (χ1v) is 9.89. The van der Waals surface area contributed by atoms with Crippen LogP contribution in [-0.4, -0.2) is 31.8 Å². The number of aromatic nitrogens is 1. The Morgan fingerprint density at radius 1 is 1.32 bits per heavy atom. The average Bonchev–Trinajstić information content (AvgIpc) is 3.23. The summed E-state index contributed by atoms with van der Waals surface area (Å²) in [5.41, 5.74) is 12.9. The molecule has 2 aromatic rings. The van der Waals surface area contributed by atoms with E-state index in [9.17, 15) is 0 Å². The van der Waals surface area contributed by atoms with Crippen molar-refractivity contribution >= 4 is 41.3 Å². The van der Waals surface area contributed by atoms with Crippen LogP contribution in [0.5, 0.6) is 5.75 Å². The predicted octanol–water partition coefficient (Wildman–Crippen LogP) is 4.67. The fourth-order valence-electron chi connectivity index (χ4n) is 3.36. The van der Waals surface area contributed by atoms with Crippen LogP contribution < -0.4 is 10.5 Å². The molecule has 2 heterocycles. The third-order valence-corrected chi connectivity index (χ3v) is 5.19. The van der Waals surface area contributed by atoms with Gasteiger partial charge >= 0.3 is 0 Å². The van der Waals surface area contributed by atoms with Gasteiger partial charge in [-0.3, -0.25) is 0 Å². The van der Waals surface area contributed by atoms with Crippen LogP contribution in [-0.2, 0) is 0 Å². The summed E-state index contributed by atoms with van der Waals surface area (Å²) in [6.07, 6.45) is 8.63. The van der Waals surface area contributed by atoms with Gasteiger partial charge in [0.2, 0.25) is 7.98 Å². The summed E-state index contributed by atoms with van der Waals surface area (Å²) in [4.78, 5) is 4.84. The molecule has 2 radical (unpaired) electrons. The number of allylic oxidation sites excluding steroid dienone is 3. The Balaban J connectivity index is 2.00. The smallest absolute Gasteiger partial charge is 0.234 e. The molecule has 0 saturated heterocycles. The molecule has 142 valence electrons. The number of ether oxygens (including phenoxy) is 1. The molecular formula is C22H23BBrN3O. The Bertz CT molecular complexity index is 1010. The minimum absolute atomic E-state index is 0.534. The summed E-state index contributed by atoms with van der Waals surface area (Å²) in [6.45, 7) is 4.65. The number of methoxy groups -OCH3 is 1. The molecule has 1 aliphatic rings. The molecule has 3 rings (SSSR count). The number of benzene rings is 1. The standard InChI is InChI=1S/C22H23BBrN3O/c1-14-11-16(22(28-3)19(24)12-14)6-7-17-13-15(2)21(26-17)18(8-9-25)20-5-4-10-27(20)23/h4-7,10-13H,8-9,25H2,1-3H3/b7-6+,21-18-. The highest BCUT2D eigenvalue weighted by atomic mass is 79.9. The van der Waals surface area contributed by atoms with Crippen molar-refractivity contribution < 1.29 is 4.74 Å². The largest absolute Gasteiger partial charge is 0.495 e. The normalized spacial score (nSPS) is 15.8. The third-order valence-electron chi connectivity index (χ3n) is 4.60. The monoisotopic (exact) mass is 435 g/mol. The van der Waals surface area contributed by atoms with Crippen molar-refractivity contribution in [2.75, 3.05) is 13.7 Å². The maximum Gasteiger partial charge on any atom is 0.234 e. The van der Waals surface area contributed by atoms with E-state index in [0.29, 0.717) is 13.0 Å². The molecule has 0 saturated carbocycles. The van der Waals surface area contributed by atoms with Gasteiger partial charge in [-0.25, -0.2) is 4.99 Å². The summed E-state index contributed by atoms with van der Waals surface area (Å²) >= 11 is 3.56. The number of aryl methyl sites for hydroxylation is 1. The molecule has 1 aromatic heterocycles. The Labute approximate surface area is 176 Å². The topological polar surface area (TPSA) is 52.5 Å². The molecule has 1 aliphatic heterocycles. The average molecular weight is 436 g/mol. The van der Waals surface area contributed by atoms with Gasteiger partial charge in [0.1, 0.15) is 5.75 Å². The van der Waals surface area contributed by atoms with E-state index >= 15 is 0 Å². The summed E-state index contributed by atoms with van der Waals surface area (Å²) in [5.74, 6) is 0.807. The highest BCUT2D eigenvalue weighted by Gasteiger charge is 2.17. The van der Waals surface area contributed by atoms with Gasteiger partial charge in [0.25, 0.3) is 0 Å². The molecule has 0 bridgehead atoms. The molecule has 0 aliphatic carbocycles. The number of nitrogens with zero attached hydrogens (tertiary/aromatic N) is 2. The summed E-state index contributed by atoms with van der Waals surface area (Å²) in [5, 5.41) is 0. The van der Waals surface area contributed by atoms with Gasteiger partial charge in [0, 0.05) is 16.8 Å². The Morgan fingerprint density at radius 3 is 2.75 bits per heavy atom. The lowest BCUT2D eigenvalue weighted by atomic mass is 10.0. The molecule has 0 fully saturated rings. The van der Waals surface area contributed by atoms with Crippen LogP contribution in [0, 0.1) is 6.92 Å². The Kier molecular flexibility index (Phi) is 6.42. The summed E-state index contributed by atoms with van der Waals surface area (Å²) in [7, 11) is 7.73. The summed E-state index contributed by atoms with van der Waals surface area (Å²) in [6, 6.07) is 8.04. The predicted molar refractivity (Wildman–Crippen MR) is 122 cm³/mol. The second-order valence-electron chi connectivity index (χ2n) is 6.73. The van der Waals surface area contributed by atoms with Crippen LogP contribution in [0.3, 0.4) is 0 Å². The second kappa shape index (κ2) is 8.80. The molecule has 28 heavy (non-hydrogen) atoms. The zero-order valence-corrected chi connectivity index (χ0v) is 18.0. The molecule has 1 aromatic carbocycles. The highest BCUT2D eigenvalue weighted by molar-refractivity contribution is 9.10. The van der Waals surface area contributed by atoms with Crippen LogP contribution >= 0.6 is 15.9 Å². The minimum atomic E-state index is 0.534. The van der Waals surface area contributed by atoms with E-state index < -0.39 is 0 Å². The molecule has 6 heteroatoms. The van der Waals surface area contributed by atoms with Crippen molar-refractivity contribution in [2.24, 2.45) is 10.7 Å². The van der Waals surface area contributed by atoms with Crippen LogP contribution in [0.25, 0.3) is 11.6 Å². The lowest BCUT2D eigenvalue weighted by molar-refractivity contribution is 0.411. The fourth-order valence-corrected chi connectivity index (χ4v) is 4.11. The van der Waals surface area contributed by atoms with Crippen molar-refractivity contribution in [3.05, 3.63) is 75.2 Å². The molecule has 0 atom stereocenters. The first-order valence-electron chi connectivity index (χ1n) is 9.10. The molecular weight excluding hydrogens is 413 g/mol. The third kappa shape index (κ3) is 4.23. The van der Waals surface area contributed by atoms with Gasteiger partial charge < -0.3 is 14.9 Å². The van der Waals surface area contributed by atoms with Gasteiger partial charge in [-0.05, 0) is 103 Å². The second-order valence-corrected chi connectivity index (χ2v) is 7.59. The molecule has 0 spiro atoms. The quantitative estimate of drug-likeness (QED) is 0.670. The highest BCUT2D eigenvalue weighted by Crippen LogP contribution is 2.33. The van der Waals surface area contributed by atoms with E-state index in [1.54, 1.807) is 11.6 Å². The van der Waals surface area contributed by atoms with E-state index in [1.165, 1.54) is 0 Å². The van der Waals surface area contributed by atoms with Crippen LogP contribution in [0.15, 0.2) is 63.3 Å². The number of hydrogen-bond acceptors (Lipinski definition) is 3. The van der Waals surface area contributed by atoms with Gasteiger partial charge in [0.15, 0.2) is 0 Å². The zero-order chi connectivity index (χ0) is 20.3. The number of nitrogens with two attached hydrogens (primary N) is 1. The van der Waals surface area contributed by atoms with E-state index in [-0.39, 0.29) is 0 Å². The number of halogens is 1. The van der Waals surface area contributed by atoms with Crippen LogP contribution in [0.1, 0.15) is 30.2 Å². The molecule has 2 N–H and O–H groups in total. The maximum absolute atomic E-state index is 6.06. The molecule has 4 nitrogen and oxygen atoms in total. The van der Waals surface area contributed by atoms with Crippen molar-refractivity contribution in [3.63, 3.8) is 0 Å². The van der Waals surface area contributed by atoms with Crippen LogP contribution in [0.4, 0.5) is 0 Å². The summed E-state index contributed by atoms with van der Waals surface area (Å²) < 4.78 is 8.08. The van der Waals surface area contributed by atoms with Crippen molar-refractivity contribution in [1.29, 1.82) is 0 Å². The first kappa shape index (κ1) is 20.4. The van der Waals surface area contributed by atoms with E-state index in [4.69, 9.17) is 23.4 Å². The van der Waals surface area contributed by atoms with Crippen molar-refractivity contribution in [2.45, 2.75) is 20.3 Å². The SMILES string of the molecule is [B]n1cccc1/C(CCN)=C1N=C(/C=C/c2cc(C)cc(Br)c2OC)C=C\1C. The van der Waals surface area contributed by atoms with Gasteiger partial charge in [-0.2, -0.15) is 0 Å². The lowest BCUT2D eigenvalue weighted by Gasteiger charge is -2.12. The van der Waals surface area contributed by atoms with Crippen molar-refractivity contribution in [3.8, 4) is 5.75 Å². The number of rotatable bonds is 6. The van der Waals surface area contributed by atoms with E-state index in [1.807, 2.05) is 36.5 Å². The Hall–Kier alpha value is -2.31. The number of aliphatic imine (C=N–C) groups is 1. The number of hydrogen-bond donors (Lipinski definition) is 1. The molecule has 0 unspecified atom stereocenters. The molecule has 0 amide bonds. The van der Waals surface area contributed by atoms with Gasteiger partial charge in [-0.15, -0.1) is 0 Å². The zero-order valence-electron chi connectivity index (χ0n) is 16.4. The lowest BCUT2D eigenvalue weighted by Crippen LogP contribution is -2.05. The maximum atomic E-state index is 6.06. The first-order chi connectivity index (χ1) is 13.4. The van der Waals surface area contributed by atoms with Crippen molar-refractivity contribution in [1.82, 2.24) is 4.48 Å². The van der Waals surface area contributed by atoms with E-state index in [2.05, 4.69) is 41.9 Å². The minimum Gasteiger partial charge on any atom is -0.495 e. The Morgan fingerprint density at radius 2 is 2.11 bits per heavy atom.